The second-order valence-electron chi connectivity index (χ2n) is 6.57. The van der Waals surface area contributed by atoms with Crippen LogP contribution in [0.4, 0.5) is 0 Å². The molecule has 0 radical (unpaired) electrons. The fourth-order valence-electron chi connectivity index (χ4n) is 3.32. The first-order valence-corrected chi connectivity index (χ1v) is 9.23. The number of hydrogen-bond acceptors (Lipinski definition) is 5. The predicted molar refractivity (Wildman–Crippen MR) is 99.9 cm³/mol. The van der Waals surface area contributed by atoms with Crippen LogP contribution in [0.3, 0.4) is 0 Å². The SMILES string of the molecule is Cl.NCCC(=O)NCC1CCCCN1C(=O)CCC(=O)N1CCOCC1. The molecule has 2 rings (SSSR count). The molecule has 150 valence electrons. The summed E-state index contributed by atoms with van der Waals surface area (Å²) < 4.78 is 5.24. The van der Waals surface area contributed by atoms with Crippen LogP contribution in [0.15, 0.2) is 0 Å². The third-order valence-electron chi connectivity index (χ3n) is 4.77. The fraction of sp³-hybridized carbons (Fsp3) is 0.824. The molecule has 3 N–H and O–H groups in total. The fourth-order valence-corrected chi connectivity index (χ4v) is 3.32. The van der Waals surface area contributed by atoms with Gasteiger partial charge in [-0.1, -0.05) is 0 Å². The van der Waals surface area contributed by atoms with E-state index in [0.29, 0.717) is 52.4 Å². The first kappa shape index (κ1) is 22.7. The Morgan fingerprint density at radius 2 is 1.69 bits per heavy atom. The number of nitrogens with two attached hydrogens (primary N) is 1. The molecule has 8 nitrogen and oxygen atoms in total. The number of amides is 3. The van der Waals surface area contributed by atoms with E-state index in [2.05, 4.69) is 5.32 Å². The molecule has 3 amide bonds. The van der Waals surface area contributed by atoms with Crippen molar-refractivity contribution in [2.24, 2.45) is 5.73 Å². The van der Waals surface area contributed by atoms with E-state index < -0.39 is 0 Å². The molecule has 0 aromatic carbocycles. The van der Waals surface area contributed by atoms with E-state index in [9.17, 15) is 14.4 Å². The number of nitrogens with one attached hydrogen (secondary N) is 1. The molecule has 0 bridgehead atoms. The number of carbonyl (C=O) groups excluding carboxylic acids is 3. The number of rotatable bonds is 7. The number of morpholine rings is 1. The van der Waals surface area contributed by atoms with Crippen molar-refractivity contribution < 1.29 is 19.1 Å². The number of carbonyl (C=O) groups is 3. The molecule has 1 atom stereocenters. The van der Waals surface area contributed by atoms with Crippen molar-refractivity contribution in [1.29, 1.82) is 0 Å². The molecule has 0 saturated carbocycles. The Bertz CT molecular complexity index is 472. The van der Waals surface area contributed by atoms with Crippen LogP contribution < -0.4 is 11.1 Å². The van der Waals surface area contributed by atoms with Gasteiger partial charge >= 0.3 is 0 Å². The minimum Gasteiger partial charge on any atom is -0.378 e. The summed E-state index contributed by atoms with van der Waals surface area (Å²) in [5.74, 6) is -0.0659. The Morgan fingerprint density at radius 1 is 1.00 bits per heavy atom. The maximum atomic E-state index is 12.6. The summed E-state index contributed by atoms with van der Waals surface area (Å²) in [6, 6.07) is 0.0152. The van der Waals surface area contributed by atoms with Crippen LogP contribution in [0, 0.1) is 0 Å². The van der Waals surface area contributed by atoms with E-state index in [1.54, 1.807) is 4.90 Å². The molecular weight excluding hydrogens is 360 g/mol. The summed E-state index contributed by atoms with van der Waals surface area (Å²) in [5, 5.41) is 2.85. The average Bonchev–Trinajstić information content (AvgIpc) is 2.65. The number of hydrogen-bond donors (Lipinski definition) is 2. The van der Waals surface area contributed by atoms with Crippen LogP contribution in [0.1, 0.15) is 38.5 Å². The molecular formula is C17H31ClN4O4. The van der Waals surface area contributed by atoms with Gasteiger partial charge in [0.2, 0.25) is 17.7 Å². The van der Waals surface area contributed by atoms with Crippen LogP contribution >= 0.6 is 12.4 Å². The summed E-state index contributed by atoms with van der Waals surface area (Å²) in [7, 11) is 0. The molecule has 2 aliphatic rings. The highest BCUT2D eigenvalue weighted by Crippen LogP contribution is 2.18. The van der Waals surface area contributed by atoms with Crippen molar-refractivity contribution in [3.8, 4) is 0 Å². The number of piperidine rings is 1. The second kappa shape index (κ2) is 12.1. The molecule has 0 spiro atoms. The molecule has 26 heavy (non-hydrogen) atoms. The van der Waals surface area contributed by atoms with Crippen LogP contribution in [-0.2, 0) is 19.1 Å². The number of ether oxygens (including phenoxy) is 1. The highest BCUT2D eigenvalue weighted by Gasteiger charge is 2.27. The lowest BCUT2D eigenvalue weighted by Gasteiger charge is -2.36. The molecule has 0 aliphatic carbocycles. The number of likely N-dealkylation sites (tertiary alicyclic amines) is 1. The Labute approximate surface area is 161 Å². The summed E-state index contributed by atoms with van der Waals surface area (Å²) in [6.45, 7) is 3.82. The Hall–Kier alpha value is -1.38. The standard InChI is InChI=1S/C17H30N4O4.ClH/c18-7-6-15(22)19-13-14-3-1-2-8-21(14)17(24)5-4-16(23)20-9-11-25-12-10-20;/h14H,1-13,18H2,(H,19,22);1H. The van der Waals surface area contributed by atoms with Gasteiger partial charge in [0.05, 0.1) is 13.2 Å². The lowest BCUT2D eigenvalue weighted by atomic mass is 10.0. The summed E-state index contributed by atoms with van der Waals surface area (Å²) in [6.07, 6.45) is 3.66. The highest BCUT2D eigenvalue weighted by molar-refractivity contribution is 5.85. The molecule has 0 aromatic heterocycles. The summed E-state index contributed by atoms with van der Waals surface area (Å²) in [5.41, 5.74) is 5.37. The molecule has 2 fully saturated rings. The van der Waals surface area contributed by atoms with Crippen molar-refractivity contribution in [1.82, 2.24) is 15.1 Å². The first-order chi connectivity index (χ1) is 12.1. The Balaban J connectivity index is 0.00000338. The molecule has 1 unspecified atom stereocenters. The van der Waals surface area contributed by atoms with E-state index in [4.69, 9.17) is 10.5 Å². The predicted octanol–water partition coefficient (Wildman–Crippen LogP) is -0.107. The van der Waals surface area contributed by atoms with Gasteiger partial charge in [0.15, 0.2) is 0 Å². The monoisotopic (exact) mass is 390 g/mol. The third-order valence-corrected chi connectivity index (χ3v) is 4.77. The maximum absolute atomic E-state index is 12.6. The van der Waals surface area contributed by atoms with E-state index in [0.717, 1.165) is 19.3 Å². The molecule has 0 aromatic rings. The zero-order valence-electron chi connectivity index (χ0n) is 15.3. The van der Waals surface area contributed by atoms with E-state index in [1.807, 2.05) is 4.90 Å². The van der Waals surface area contributed by atoms with Crippen molar-refractivity contribution >= 4 is 30.1 Å². The van der Waals surface area contributed by atoms with E-state index in [-0.39, 0.29) is 49.0 Å². The highest BCUT2D eigenvalue weighted by atomic mass is 35.5. The van der Waals surface area contributed by atoms with Gasteiger partial charge in [-0.05, 0) is 19.3 Å². The summed E-state index contributed by atoms with van der Waals surface area (Å²) in [4.78, 5) is 39.9. The summed E-state index contributed by atoms with van der Waals surface area (Å²) >= 11 is 0. The van der Waals surface area contributed by atoms with Crippen LogP contribution in [0.25, 0.3) is 0 Å². The van der Waals surface area contributed by atoms with Crippen LogP contribution in [0.2, 0.25) is 0 Å². The van der Waals surface area contributed by atoms with Gasteiger partial charge in [-0.3, -0.25) is 14.4 Å². The average molecular weight is 391 g/mol. The van der Waals surface area contributed by atoms with Gasteiger partial charge in [0.25, 0.3) is 0 Å². The Morgan fingerprint density at radius 3 is 2.38 bits per heavy atom. The lowest BCUT2D eigenvalue weighted by molar-refractivity contribution is -0.141. The lowest BCUT2D eigenvalue weighted by Crippen LogP contribution is -2.49. The minimum atomic E-state index is -0.0806. The van der Waals surface area contributed by atoms with Gasteiger partial charge in [0.1, 0.15) is 0 Å². The number of halogens is 1. The molecule has 9 heteroatoms. The normalized spacial score (nSPS) is 20.3. The van der Waals surface area contributed by atoms with E-state index in [1.165, 1.54) is 0 Å². The van der Waals surface area contributed by atoms with Gasteiger partial charge in [-0.15, -0.1) is 12.4 Å². The Kier molecular flexibility index (Phi) is 10.5. The molecule has 2 aliphatic heterocycles. The largest absolute Gasteiger partial charge is 0.378 e. The zero-order chi connectivity index (χ0) is 18.1. The molecule has 2 heterocycles. The topological polar surface area (TPSA) is 105 Å². The van der Waals surface area contributed by atoms with Gasteiger partial charge in [-0.2, -0.15) is 0 Å². The van der Waals surface area contributed by atoms with Crippen molar-refractivity contribution in [3.63, 3.8) is 0 Å². The number of nitrogens with zero attached hydrogens (tertiary/aromatic N) is 2. The maximum Gasteiger partial charge on any atom is 0.223 e. The minimum absolute atomic E-state index is 0. The smallest absolute Gasteiger partial charge is 0.223 e. The molecule has 2 saturated heterocycles. The van der Waals surface area contributed by atoms with Crippen molar-refractivity contribution in [3.05, 3.63) is 0 Å². The quantitative estimate of drug-likeness (QED) is 0.631. The van der Waals surface area contributed by atoms with Crippen molar-refractivity contribution in [2.45, 2.75) is 44.6 Å². The van der Waals surface area contributed by atoms with Gasteiger partial charge in [-0.25, -0.2) is 0 Å². The van der Waals surface area contributed by atoms with Gasteiger partial charge in [0, 0.05) is 58.0 Å². The van der Waals surface area contributed by atoms with Crippen LogP contribution in [-0.4, -0.2) is 79.5 Å². The first-order valence-electron chi connectivity index (χ1n) is 9.23. The second-order valence-corrected chi connectivity index (χ2v) is 6.57. The van der Waals surface area contributed by atoms with E-state index >= 15 is 0 Å². The zero-order valence-corrected chi connectivity index (χ0v) is 16.1. The third kappa shape index (κ3) is 7.09. The van der Waals surface area contributed by atoms with Crippen LogP contribution in [0.5, 0.6) is 0 Å². The van der Waals surface area contributed by atoms with Gasteiger partial charge < -0.3 is 25.6 Å². The van der Waals surface area contributed by atoms with Crippen molar-refractivity contribution in [2.75, 3.05) is 45.9 Å².